The Bertz CT molecular complexity index is 1170. The molecule has 1 N–H and O–H groups in total. The van der Waals surface area contributed by atoms with Gasteiger partial charge in [0.05, 0.1) is 17.7 Å². The molecule has 32 heavy (non-hydrogen) atoms. The number of sulfonamides is 1. The molecule has 0 spiro atoms. The number of amides is 1. The molecule has 0 atom stereocenters. The van der Waals surface area contributed by atoms with Crippen LogP contribution in [-0.4, -0.2) is 28.0 Å². The number of hydrogen-bond donors (Lipinski definition) is 1. The Balaban J connectivity index is 1.86. The molecule has 0 aliphatic carbocycles. The number of nitrogens with one attached hydrogen (secondary N) is 1. The SMILES string of the molecule is COc1ccc(CNC(=O)CN(c2cc(C)cc(C)c2)S(=O)(=O)c2ccc(C)cc2)cc1. The van der Waals surface area contributed by atoms with E-state index in [1.807, 2.05) is 51.1 Å². The van der Waals surface area contributed by atoms with Crippen LogP contribution >= 0.6 is 0 Å². The van der Waals surface area contributed by atoms with E-state index in [1.54, 1.807) is 43.5 Å². The maximum atomic E-state index is 13.5. The molecule has 0 radical (unpaired) electrons. The summed E-state index contributed by atoms with van der Waals surface area (Å²) in [5.74, 6) is 0.334. The van der Waals surface area contributed by atoms with E-state index in [9.17, 15) is 13.2 Å². The van der Waals surface area contributed by atoms with E-state index in [-0.39, 0.29) is 18.0 Å². The lowest BCUT2D eigenvalue weighted by Gasteiger charge is -2.25. The van der Waals surface area contributed by atoms with Crippen molar-refractivity contribution in [1.82, 2.24) is 5.32 Å². The Morgan fingerprint density at radius 3 is 2.03 bits per heavy atom. The van der Waals surface area contributed by atoms with Gasteiger partial charge >= 0.3 is 0 Å². The second-order valence-corrected chi connectivity index (χ2v) is 9.66. The second kappa shape index (κ2) is 9.87. The molecule has 168 valence electrons. The highest BCUT2D eigenvalue weighted by Gasteiger charge is 2.27. The van der Waals surface area contributed by atoms with Crippen molar-refractivity contribution in [3.63, 3.8) is 0 Å². The first-order valence-corrected chi connectivity index (χ1v) is 11.7. The highest BCUT2D eigenvalue weighted by molar-refractivity contribution is 7.92. The van der Waals surface area contributed by atoms with Gasteiger partial charge in [-0.15, -0.1) is 0 Å². The van der Waals surface area contributed by atoms with Gasteiger partial charge in [0.25, 0.3) is 10.0 Å². The standard InChI is InChI=1S/C25H28N2O4S/c1-18-5-11-24(12-6-18)32(29,30)27(22-14-19(2)13-20(3)15-22)17-25(28)26-16-21-7-9-23(31-4)10-8-21/h5-15H,16-17H2,1-4H3,(H,26,28). The topological polar surface area (TPSA) is 75.7 Å². The molecule has 3 aromatic rings. The summed E-state index contributed by atoms with van der Waals surface area (Å²) < 4.78 is 33.3. The van der Waals surface area contributed by atoms with Crippen molar-refractivity contribution >= 4 is 21.6 Å². The number of anilines is 1. The van der Waals surface area contributed by atoms with E-state index in [0.29, 0.717) is 5.69 Å². The summed E-state index contributed by atoms with van der Waals surface area (Å²) in [5, 5.41) is 2.81. The molecule has 0 saturated heterocycles. The quantitative estimate of drug-likeness (QED) is 0.558. The Hall–Kier alpha value is -3.32. The largest absolute Gasteiger partial charge is 0.497 e. The maximum Gasteiger partial charge on any atom is 0.264 e. The number of aryl methyl sites for hydroxylation is 3. The number of ether oxygens (including phenoxy) is 1. The molecular weight excluding hydrogens is 424 g/mol. The van der Waals surface area contributed by atoms with Crippen molar-refractivity contribution in [3.05, 3.63) is 89.0 Å². The van der Waals surface area contributed by atoms with Crippen LogP contribution in [0.4, 0.5) is 5.69 Å². The van der Waals surface area contributed by atoms with Crippen molar-refractivity contribution in [2.45, 2.75) is 32.2 Å². The molecule has 0 bridgehead atoms. The average molecular weight is 453 g/mol. The fourth-order valence-corrected chi connectivity index (χ4v) is 4.78. The van der Waals surface area contributed by atoms with Gasteiger partial charge in [0, 0.05) is 6.54 Å². The van der Waals surface area contributed by atoms with Crippen LogP contribution in [0.25, 0.3) is 0 Å². The van der Waals surface area contributed by atoms with Gasteiger partial charge < -0.3 is 10.1 Å². The van der Waals surface area contributed by atoms with Crippen LogP contribution in [0.2, 0.25) is 0 Å². The molecule has 0 fully saturated rings. The van der Waals surface area contributed by atoms with Gasteiger partial charge in [0.1, 0.15) is 12.3 Å². The monoisotopic (exact) mass is 452 g/mol. The van der Waals surface area contributed by atoms with Crippen LogP contribution in [0.3, 0.4) is 0 Å². The molecule has 0 aliphatic rings. The fraction of sp³-hybridized carbons (Fsp3) is 0.240. The summed E-state index contributed by atoms with van der Waals surface area (Å²) in [5.41, 5.74) is 4.14. The van der Waals surface area contributed by atoms with E-state index in [2.05, 4.69) is 5.32 Å². The first-order chi connectivity index (χ1) is 15.2. The molecule has 1 amide bonds. The predicted octanol–water partition coefficient (Wildman–Crippen LogP) is 4.13. The Labute approximate surface area is 189 Å². The molecule has 6 nitrogen and oxygen atoms in total. The fourth-order valence-electron chi connectivity index (χ4n) is 3.38. The minimum atomic E-state index is -3.94. The van der Waals surface area contributed by atoms with Crippen LogP contribution in [0.5, 0.6) is 5.75 Å². The lowest BCUT2D eigenvalue weighted by Crippen LogP contribution is -2.40. The zero-order valence-electron chi connectivity index (χ0n) is 18.8. The minimum Gasteiger partial charge on any atom is -0.497 e. The van der Waals surface area contributed by atoms with Gasteiger partial charge in [-0.2, -0.15) is 0 Å². The number of rotatable bonds is 8. The predicted molar refractivity (Wildman–Crippen MR) is 126 cm³/mol. The molecule has 0 heterocycles. The number of nitrogens with zero attached hydrogens (tertiary/aromatic N) is 1. The van der Waals surface area contributed by atoms with Gasteiger partial charge in [-0.1, -0.05) is 35.9 Å². The molecule has 0 aliphatic heterocycles. The summed E-state index contributed by atoms with van der Waals surface area (Å²) in [4.78, 5) is 12.9. The van der Waals surface area contributed by atoms with E-state index >= 15 is 0 Å². The van der Waals surface area contributed by atoms with Crippen molar-refractivity contribution in [1.29, 1.82) is 0 Å². The Kier molecular flexibility index (Phi) is 7.20. The third-order valence-electron chi connectivity index (χ3n) is 5.04. The summed E-state index contributed by atoms with van der Waals surface area (Å²) in [6.45, 7) is 5.65. The number of carbonyl (C=O) groups excluding carboxylic acids is 1. The third kappa shape index (κ3) is 5.68. The lowest BCUT2D eigenvalue weighted by atomic mass is 10.1. The van der Waals surface area contributed by atoms with Crippen molar-refractivity contribution in [3.8, 4) is 5.75 Å². The number of methoxy groups -OCH3 is 1. The highest BCUT2D eigenvalue weighted by atomic mass is 32.2. The number of benzene rings is 3. The summed E-state index contributed by atoms with van der Waals surface area (Å²) in [6, 6.07) is 19.5. The lowest BCUT2D eigenvalue weighted by molar-refractivity contribution is -0.119. The molecule has 7 heteroatoms. The molecule has 3 rings (SSSR count). The number of carbonyl (C=O) groups is 1. The Morgan fingerprint density at radius 2 is 1.47 bits per heavy atom. The van der Waals surface area contributed by atoms with E-state index in [4.69, 9.17) is 4.74 Å². The first-order valence-electron chi connectivity index (χ1n) is 10.3. The summed E-state index contributed by atoms with van der Waals surface area (Å²) in [6.07, 6.45) is 0. The maximum absolute atomic E-state index is 13.5. The molecule has 0 unspecified atom stereocenters. The third-order valence-corrected chi connectivity index (χ3v) is 6.83. The van der Waals surface area contributed by atoms with E-state index in [0.717, 1.165) is 28.0 Å². The second-order valence-electron chi connectivity index (χ2n) is 7.80. The van der Waals surface area contributed by atoms with E-state index < -0.39 is 15.9 Å². The Morgan fingerprint density at radius 1 is 0.875 bits per heavy atom. The van der Waals surface area contributed by atoms with Gasteiger partial charge in [-0.25, -0.2) is 8.42 Å². The molecule has 0 aromatic heterocycles. The van der Waals surface area contributed by atoms with Gasteiger partial charge in [-0.3, -0.25) is 9.10 Å². The zero-order chi connectivity index (χ0) is 23.3. The number of hydrogen-bond acceptors (Lipinski definition) is 4. The molecule has 3 aromatic carbocycles. The minimum absolute atomic E-state index is 0.144. The average Bonchev–Trinajstić information content (AvgIpc) is 2.76. The van der Waals surface area contributed by atoms with Crippen LogP contribution in [0, 0.1) is 20.8 Å². The van der Waals surface area contributed by atoms with Crippen LogP contribution in [0.1, 0.15) is 22.3 Å². The van der Waals surface area contributed by atoms with Crippen LogP contribution < -0.4 is 14.4 Å². The van der Waals surface area contributed by atoms with Gasteiger partial charge in [0.2, 0.25) is 5.91 Å². The van der Waals surface area contributed by atoms with Crippen molar-refractivity contribution in [2.75, 3.05) is 18.0 Å². The van der Waals surface area contributed by atoms with Crippen LogP contribution in [0.15, 0.2) is 71.6 Å². The van der Waals surface area contributed by atoms with Crippen LogP contribution in [-0.2, 0) is 21.4 Å². The smallest absolute Gasteiger partial charge is 0.264 e. The highest BCUT2D eigenvalue weighted by Crippen LogP contribution is 2.26. The molecular formula is C25H28N2O4S. The summed E-state index contributed by atoms with van der Waals surface area (Å²) >= 11 is 0. The van der Waals surface area contributed by atoms with Crippen molar-refractivity contribution < 1.29 is 17.9 Å². The van der Waals surface area contributed by atoms with Crippen molar-refractivity contribution in [2.24, 2.45) is 0 Å². The van der Waals surface area contributed by atoms with Gasteiger partial charge in [0.15, 0.2) is 0 Å². The summed E-state index contributed by atoms with van der Waals surface area (Å²) in [7, 11) is -2.35. The molecule has 0 saturated carbocycles. The van der Waals surface area contributed by atoms with E-state index in [1.165, 1.54) is 4.31 Å². The zero-order valence-corrected chi connectivity index (χ0v) is 19.6. The first kappa shape index (κ1) is 23.3. The normalized spacial score (nSPS) is 11.1. The van der Waals surface area contributed by atoms with Gasteiger partial charge in [-0.05, 0) is 73.9 Å².